The van der Waals surface area contributed by atoms with Crippen LogP contribution in [0.5, 0.6) is 0 Å². The molecule has 124 valence electrons. The molecule has 6 nitrogen and oxygen atoms in total. The van der Waals surface area contributed by atoms with E-state index in [1.807, 2.05) is 28.8 Å². The lowest BCUT2D eigenvalue weighted by molar-refractivity contribution is 0.197. The fourth-order valence-corrected chi connectivity index (χ4v) is 3.45. The number of likely N-dealkylation sites (N-methyl/N-ethyl adjacent to an activating group) is 1. The molecule has 3 heterocycles. The Morgan fingerprint density at radius 2 is 2.00 bits per heavy atom. The van der Waals surface area contributed by atoms with Gasteiger partial charge in [-0.05, 0) is 19.2 Å². The van der Waals surface area contributed by atoms with Crippen LogP contribution >= 0.6 is 23.2 Å². The van der Waals surface area contributed by atoms with Gasteiger partial charge in [0.1, 0.15) is 6.33 Å². The SMILES string of the molecule is CN(Cc1c(Cl)cccc1Cl)C1CN(c2nccn3cnnc23)C1. The number of anilines is 1. The zero-order valence-electron chi connectivity index (χ0n) is 13.1. The van der Waals surface area contributed by atoms with E-state index in [4.69, 9.17) is 23.2 Å². The summed E-state index contributed by atoms with van der Waals surface area (Å²) >= 11 is 12.5. The lowest BCUT2D eigenvalue weighted by Crippen LogP contribution is -2.58. The minimum absolute atomic E-state index is 0.419. The van der Waals surface area contributed by atoms with Crippen molar-refractivity contribution in [2.45, 2.75) is 12.6 Å². The fourth-order valence-electron chi connectivity index (χ4n) is 2.94. The molecule has 0 unspecified atom stereocenters. The van der Waals surface area contributed by atoms with Crippen molar-refractivity contribution >= 4 is 34.7 Å². The van der Waals surface area contributed by atoms with E-state index in [9.17, 15) is 0 Å². The molecule has 1 fully saturated rings. The van der Waals surface area contributed by atoms with Gasteiger partial charge >= 0.3 is 0 Å². The van der Waals surface area contributed by atoms with E-state index >= 15 is 0 Å². The second-order valence-electron chi connectivity index (χ2n) is 5.99. The third kappa shape index (κ3) is 2.70. The van der Waals surface area contributed by atoms with E-state index < -0.39 is 0 Å². The first-order chi connectivity index (χ1) is 11.6. The zero-order chi connectivity index (χ0) is 16.7. The Bertz CT molecular complexity index is 854. The van der Waals surface area contributed by atoms with Crippen molar-refractivity contribution in [2.75, 3.05) is 25.0 Å². The lowest BCUT2D eigenvalue weighted by Gasteiger charge is -2.44. The van der Waals surface area contributed by atoms with Gasteiger partial charge < -0.3 is 4.90 Å². The van der Waals surface area contributed by atoms with Crippen molar-refractivity contribution in [3.8, 4) is 0 Å². The minimum atomic E-state index is 0.419. The molecule has 2 aromatic heterocycles. The Kier molecular flexibility index (Phi) is 4.04. The smallest absolute Gasteiger partial charge is 0.203 e. The van der Waals surface area contributed by atoms with Gasteiger partial charge in [-0.25, -0.2) is 4.98 Å². The average molecular weight is 363 g/mol. The molecule has 3 aromatic rings. The highest BCUT2D eigenvalue weighted by atomic mass is 35.5. The molecule has 0 atom stereocenters. The Balaban J connectivity index is 1.45. The summed E-state index contributed by atoms with van der Waals surface area (Å²) in [7, 11) is 2.09. The highest BCUT2D eigenvalue weighted by Crippen LogP contribution is 2.29. The first-order valence-corrected chi connectivity index (χ1v) is 8.41. The molecule has 8 heteroatoms. The van der Waals surface area contributed by atoms with E-state index in [-0.39, 0.29) is 0 Å². The van der Waals surface area contributed by atoms with Gasteiger partial charge in [-0.1, -0.05) is 29.3 Å². The molecule has 4 rings (SSSR count). The molecule has 0 bridgehead atoms. The van der Waals surface area contributed by atoms with Gasteiger partial charge in [-0.3, -0.25) is 9.30 Å². The maximum atomic E-state index is 6.27. The van der Waals surface area contributed by atoms with Gasteiger partial charge in [-0.2, -0.15) is 0 Å². The Labute approximate surface area is 149 Å². The van der Waals surface area contributed by atoms with Crippen molar-refractivity contribution in [1.29, 1.82) is 0 Å². The van der Waals surface area contributed by atoms with Crippen molar-refractivity contribution in [1.82, 2.24) is 24.5 Å². The molecule has 0 N–H and O–H groups in total. The number of rotatable bonds is 4. The van der Waals surface area contributed by atoms with Crippen LogP contribution in [0, 0.1) is 0 Å². The Morgan fingerprint density at radius 3 is 2.75 bits per heavy atom. The number of hydrogen-bond acceptors (Lipinski definition) is 5. The molecule has 1 aliphatic rings. The second kappa shape index (κ2) is 6.20. The molecule has 24 heavy (non-hydrogen) atoms. The maximum absolute atomic E-state index is 6.27. The standard InChI is InChI=1S/C16H16Cl2N6/c1-22(9-12-13(17)3-2-4-14(12)18)11-7-24(8-11)15-16-21-20-10-23(16)6-5-19-15/h2-6,10-11H,7-9H2,1H3. The van der Waals surface area contributed by atoms with Crippen LogP contribution < -0.4 is 4.90 Å². The summed E-state index contributed by atoms with van der Waals surface area (Å²) in [5.41, 5.74) is 1.76. The summed E-state index contributed by atoms with van der Waals surface area (Å²) < 4.78 is 1.88. The van der Waals surface area contributed by atoms with Crippen molar-refractivity contribution < 1.29 is 0 Å². The van der Waals surface area contributed by atoms with Crippen LogP contribution in [0.3, 0.4) is 0 Å². The van der Waals surface area contributed by atoms with Crippen LogP contribution in [-0.4, -0.2) is 50.7 Å². The number of hydrogen-bond donors (Lipinski definition) is 0. The first kappa shape index (κ1) is 15.6. The third-order valence-corrected chi connectivity index (χ3v) is 5.16. The normalized spacial score (nSPS) is 15.2. The van der Waals surface area contributed by atoms with Gasteiger partial charge in [0, 0.05) is 53.7 Å². The Morgan fingerprint density at radius 1 is 1.25 bits per heavy atom. The van der Waals surface area contributed by atoms with E-state index in [2.05, 4.69) is 32.0 Å². The topological polar surface area (TPSA) is 49.6 Å². The summed E-state index contributed by atoms with van der Waals surface area (Å²) in [5, 5.41) is 9.50. The lowest BCUT2D eigenvalue weighted by atomic mass is 10.1. The van der Waals surface area contributed by atoms with Crippen molar-refractivity contribution in [2.24, 2.45) is 0 Å². The quantitative estimate of drug-likeness (QED) is 0.714. The van der Waals surface area contributed by atoms with E-state index in [1.165, 1.54) is 0 Å². The molecule has 0 radical (unpaired) electrons. The molecule has 1 saturated heterocycles. The second-order valence-corrected chi connectivity index (χ2v) is 6.80. The highest BCUT2D eigenvalue weighted by Gasteiger charge is 2.32. The monoisotopic (exact) mass is 362 g/mol. The summed E-state index contributed by atoms with van der Waals surface area (Å²) in [6.07, 6.45) is 5.30. The number of halogens is 2. The number of aromatic nitrogens is 4. The van der Waals surface area contributed by atoms with E-state index in [1.54, 1.807) is 12.5 Å². The summed E-state index contributed by atoms with van der Waals surface area (Å²) in [4.78, 5) is 8.93. The van der Waals surface area contributed by atoms with Crippen LogP contribution in [0.1, 0.15) is 5.56 Å². The largest absolute Gasteiger partial charge is 0.350 e. The Hall–Kier alpha value is -1.89. The molecule has 0 amide bonds. The summed E-state index contributed by atoms with van der Waals surface area (Å²) in [6.45, 7) is 2.50. The number of nitrogens with zero attached hydrogens (tertiary/aromatic N) is 6. The predicted octanol–water partition coefficient (Wildman–Crippen LogP) is 2.75. The molecule has 0 saturated carbocycles. The third-order valence-electron chi connectivity index (χ3n) is 4.45. The number of fused-ring (bicyclic) bond motifs is 1. The zero-order valence-corrected chi connectivity index (χ0v) is 14.6. The van der Waals surface area contributed by atoms with Gasteiger partial charge in [-0.15, -0.1) is 10.2 Å². The van der Waals surface area contributed by atoms with Crippen LogP contribution in [0.2, 0.25) is 10.0 Å². The molecule has 0 spiro atoms. The van der Waals surface area contributed by atoms with Gasteiger partial charge in [0.2, 0.25) is 5.65 Å². The average Bonchev–Trinajstić information content (AvgIpc) is 2.99. The van der Waals surface area contributed by atoms with Crippen LogP contribution in [0.4, 0.5) is 5.82 Å². The minimum Gasteiger partial charge on any atom is -0.350 e. The van der Waals surface area contributed by atoms with E-state index in [0.717, 1.165) is 36.7 Å². The molecule has 1 aromatic carbocycles. The predicted molar refractivity (Wildman–Crippen MR) is 94.7 cm³/mol. The first-order valence-electron chi connectivity index (χ1n) is 7.66. The summed E-state index contributed by atoms with van der Waals surface area (Å²) in [6, 6.07) is 6.03. The van der Waals surface area contributed by atoms with Gasteiger partial charge in [0.05, 0.1) is 0 Å². The highest BCUT2D eigenvalue weighted by molar-refractivity contribution is 6.35. The van der Waals surface area contributed by atoms with Crippen molar-refractivity contribution in [3.63, 3.8) is 0 Å². The molecule has 1 aliphatic heterocycles. The van der Waals surface area contributed by atoms with Crippen LogP contribution in [0.25, 0.3) is 5.65 Å². The fraction of sp³-hybridized carbons (Fsp3) is 0.312. The van der Waals surface area contributed by atoms with E-state index in [0.29, 0.717) is 16.1 Å². The van der Waals surface area contributed by atoms with Crippen molar-refractivity contribution in [3.05, 3.63) is 52.5 Å². The van der Waals surface area contributed by atoms with Crippen LogP contribution in [-0.2, 0) is 6.54 Å². The van der Waals surface area contributed by atoms with Gasteiger partial charge in [0.15, 0.2) is 5.82 Å². The number of benzene rings is 1. The summed E-state index contributed by atoms with van der Waals surface area (Å²) in [5.74, 6) is 0.871. The molecular formula is C16H16Cl2N6. The molecule has 0 aliphatic carbocycles. The van der Waals surface area contributed by atoms with Crippen LogP contribution in [0.15, 0.2) is 36.9 Å². The maximum Gasteiger partial charge on any atom is 0.203 e. The molecular weight excluding hydrogens is 347 g/mol. The van der Waals surface area contributed by atoms with Gasteiger partial charge in [0.25, 0.3) is 0 Å².